The molecular formula is C23H27F2N3O5S. The van der Waals surface area contributed by atoms with E-state index in [1.165, 1.54) is 12.1 Å². The third kappa shape index (κ3) is 6.16. The van der Waals surface area contributed by atoms with Crippen molar-refractivity contribution in [1.29, 1.82) is 0 Å². The van der Waals surface area contributed by atoms with Gasteiger partial charge in [0.1, 0.15) is 17.0 Å². The predicted octanol–water partition coefficient (Wildman–Crippen LogP) is 4.94. The first-order chi connectivity index (χ1) is 16.2. The van der Waals surface area contributed by atoms with Crippen LogP contribution in [0.25, 0.3) is 22.4 Å². The SMILES string of the molecule is CC(C)(O)OC1C[C@H](Nc2ccnc3cc(-c4cccc(OC(F)F)c4)oc23)C[C@@H]1COSN. The summed E-state index contributed by atoms with van der Waals surface area (Å²) < 4.78 is 46.9. The Labute approximate surface area is 200 Å². The molecule has 2 aromatic heterocycles. The molecule has 34 heavy (non-hydrogen) atoms. The van der Waals surface area contributed by atoms with Crippen LogP contribution in [-0.4, -0.2) is 41.2 Å². The monoisotopic (exact) mass is 495 g/mol. The maximum Gasteiger partial charge on any atom is 0.387 e. The molecule has 3 aromatic rings. The number of hydrogen-bond acceptors (Lipinski definition) is 9. The first kappa shape index (κ1) is 24.7. The second-order valence-electron chi connectivity index (χ2n) is 8.65. The molecule has 11 heteroatoms. The van der Waals surface area contributed by atoms with Crippen LogP contribution in [0.3, 0.4) is 0 Å². The number of hydrogen-bond donors (Lipinski definition) is 3. The molecule has 1 saturated carbocycles. The van der Waals surface area contributed by atoms with Gasteiger partial charge in [-0.05, 0) is 44.9 Å². The van der Waals surface area contributed by atoms with E-state index < -0.39 is 12.4 Å². The minimum absolute atomic E-state index is 0.0330. The van der Waals surface area contributed by atoms with Crippen LogP contribution in [0.15, 0.2) is 47.0 Å². The lowest BCUT2D eigenvalue weighted by Gasteiger charge is -2.27. The number of nitrogens with two attached hydrogens (primary N) is 1. The molecule has 0 spiro atoms. The zero-order valence-corrected chi connectivity index (χ0v) is 19.6. The molecule has 1 aliphatic rings. The first-order valence-electron chi connectivity index (χ1n) is 10.8. The number of benzene rings is 1. The van der Waals surface area contributed by atoms with Gasteiger partial charge in [-0.3, -0.25) is 10.1 Å². The standard InChI is InChI=1S/C23H27F2N3O5S/c1-23(2,29)33-20-10-15(8-14(20)12-30-34-26)28-17-6-7-27-18-11-19(32-21(17)18)13-4-3-5-16(9-13)31-22(24)25/h3-7,9,11,14-15,20,22,29H,8,10,12,26H2,1-2H3,(H,27,28)/t14-,15-,20?/m1/s1. The highest BCUT2D eigenvalue weighted by Crippen LogP contribution is 2.37. The van der Waals surface area contributed by atoms with Gasteiger partial charge in [0.25, 0.3) is 0 Å². The molecule has 3 atom stereocenters. The van der Waals surface area contributed by atoms with E-state index in [1.54, 1.807) is 38.2 Å². The summed E-state index contributed by atoms with van der Waals surface area (Å²) >= 11 is 0.808. The minimum atomic E-state index is -2.91. The number of alkyl halides is 2. The molecule has 0 bridgehead atoms. The van der Waals surface area contributed by atoms with Gasteiger partial charge < -0.3 is 28.5 Å². The van der Waals surface area contributed by atoms with E-state index in [-0.39, 0.29) is 23.8 Å². The number of fused-ring (bicyclic) bond motifs is 1. The molecule has 2 heterocycles. The van der Waals surface area contributed by atoms with Crippen LogP contribution in [0, 0.1) is 5.92 Å². The zero-order valence-electron chi connectivity index (χ0n) is 18.7. The Morgan fingerprint density at radius 3 is 2.85 bits per heavy atom. The second kappa shape index (κ2) is 10.4. The summed E-state index contributed by atoms with van der Waals surface area (Å²) in [7, 11) is 0. The van der Waals surface area contributed by atoms with Crippen molar-refractivity contribution in [2.75, 3.05) is 11.9 Å². The molecule has 4 rings (SSSR count). The minimum Gasteiger partial charge on any atom is -0.452 e. The summed E-state index contributed by atoms with van der Waals surface area (Å²) in [5.41, 5.74) is 2.52. The number of anilines is 1. The molecule has 4 N–H and O–H groups in total. The van der Waals surface area contributed by atoms with Crippen molar-refractivity contribution in [2.24, 2.45) is 11.1 Å². The Hall–Kier alpha value is -2.44. The number of furan rings is 1. The average Bonchev–Trinajstić information content (AvgIpc) is 3.35. The van der Waals surface area contributed by atoms with Crippen LogP contribution >= 0.6 is 12.2 Å². The van der Waals surface area contributed by atoms with Crippen molar-refractivity contribution in [1.82, 2.24) is 4.98 Å². The van der Waals surface area contributed by atoms with Gasteiger partial charge in [0.15, 0.2) is 11.4 Å². The van der Waals surface area contributed by atoms with Gasteiger partial charge in [-0.15, -0.1) is 0 Å². The first-order valence-corrected chi connectivity index (χ1v) is 11.6. The summed E-state index contributed by atoms with van der Waals surface area (Å²) in [6, 6.07) is 9.93. The number of aliphatic hydroxyl groups is 1. The molecular weight excluding hydrogens is 468 g/mol. The molecule has 8 nitrogen and oxygen atoms in total. The Morgan fingerprint density at radius 2 is 2.12 bits per heavy atom. The molecule has 0 saturated heterocycles. The summed E-state index contributed by atoms with van der Waals surface area (Å²) in [5, 5.41) is 19.0. The Balaban J connectivity index is 1.54. The van der Waals surface area contributed by atoms with Crippen LogP contribution in [0.2, 0.25) is 0 Å². The molecule has 0 aliphatic heterocycles. The number of aromatic nitrogens is 1. The third-order valence-electron chi connectivity index (χ3n) is 5.54. The Bertz CT molecular complexity index is 1110. The van der Waals surface area contributed by atoms with Crippen molar-refractivity contribution < 1.29 is 32.0 Å². The van der Waals surface area contributed by atoms with Gasteiger partial charge in [0.05, 0.1) is 30.6 Å². The van der Waals surface area contributed by atoms with Gasteiger partial charge in [0.2, 0.25) is 0 Å². The fraction of sp³-hybridized carbons (Fsp3) is 0.435. The van der Waals surface area contributed by atoms with Crippen molar-refractivity contribution in [2.45, 2.75) is 51.2 Å². The molecule has 1 aromatic carbocycles. The maximum absolute atomic E-state index is 12.6. The third-order valence-corrected chi connectivity index (χ3v) is 5.81. The number of halogens is 2. The summed E-state index contributed by atoms with van der Waals surface area (Å²) in [4.78, 5) is 4.37. The van der Waals surface area contributed by atoms with E-state index in [2.05, 4.69) is 15.0 Å². The highest BCUT2D eigenvalue weighted by molar-refractivity contribution is 7.92. The summed E-state index contributed by atoms with van der Waals surface area (Å²) in [6.45, 7) is 0.688. The molecule has 0 radical (unpaired) electrons. The van der Waals surface area contributed by atoms with Crippen LogP contribution < -0.4 is 15.2 Å². The summed E-state index contributed by atoms with van der Waals surface area (Å²) in [5.74, 6) is -0.692. The van der Waals surface area contributed by atoms with Crippen molar-refractivity contribution in [3.63, 3.8) is 0 Å². The lowest BCUT2D eigenvalue weighted by Crippen LogP contribution is -2.33. The van der Waals surface area contributed by atoms with Crippen LogP contribution in [0.1, 0.15) is 26.7 Å². The van der Waals surface area contributed by atoms with Crippen LogP contribution in [0.5, 0.6) is 5.75 Å². The number of nitrogens with zero attached hydrogens (tertiary/aromatic N) is 1. The van der Waals surface area contributed by atoms with Gasteiger partial charge >= 0.3 is 6.61 Å². The normalized spacial score (nSPS) is 20.9. The Kier molecular flexibility index (Phi) is 7.58. The van der Waals surface area contributed by atoms with E-state index in [0.29, 0.717) is 35.5 Å². The average molecular weight is 496 g/mol. The van der Waals surface area contributed by atoms with Gasteiger partial charge in [-0.2, -0.15) is 8.78 Å². The lowest BCUT2D eigenvalue weighted by molar-refractivity contribution is -0.213. The van der Waals surface area contributed by atoms with E-state index in [1.807, 2.05) is 6.07 Å². The predicted molar refractivity (Wildman–Crippen MR) is 125 cm³/mol. The smallest absolute Gasteiger partial charge is 0.387 e. The zero-order chi connectivity index (χ0) is 24.3. The number of ether oxygens (including phenoxy) is 2. The Morgan fingerprint density at radius 1 is 1.29 bits per heavy atom. The van der Waals surface area contributed by atoms with E-state index in [9.17, 15) is 13.9 Å². The lowest BCUT2D eigenvalue weighted by atomic mass is 10.1. The highest BCUT2D eigenvalue weighted by atomic mass is 32.2. The topological polar surface area (TPSA) is 112 Å². The van der Waals surface area contributed by atoms with Crippen molar-refractivity contribution in [3.05, 3.63) is 42.6 Å². The van der Waals surface area contributed by atoms with Crippen LogP contribution in [-0.2, 0) is 8.92 Å². The van der Waals surface area contributed by atoms with E-state index in [4.69, 9.17) is 18.5 Å². The van der Waals surface area contributed by atoms with Crippen molar-refractivity contribution >= 4 is 29.0 Å². The molecule has 1 aliphatic carbocycles. The summed E-state index contributed by atoms with van der Waals surface area (Å²) in [6.07, 6.45) is 2.85. The fourth-order valence-electron chi connectivity index (χ4n) is 4.26. The second-order valence-corrected chi connectivity index (χ2v) is 9.07. The van der Waals surface area contributed by atoms with Crippen molar-refractivity contribution in [3.8, 4) is 17.1 Å². The quantitative estimate of drug-likeness (QED) is 0.205. The molecule has 1 fully saturated rings. The molecule has 0 amide bonds. The maximum atomic E-state index is 12.6. The molecule has 1 unspecified atom stereocenters. The van der Waals surface area contributed by atoms with Crippen LogP contribution in [0.4, 0.5) is 14.5 Å². The molecule has 184 valence electrons. The number of pyridine rings is 1. The largest absolute Gasteiger partial charge is 0.452 e. The van der Waals surface area contributed by atoms with Gasteiger partial charge in [0, 0.05) is 29.8 Å². The van der Waals surface area contributed by atoms with Gasteiger partial charge in [-0.25, -0.2) is 0 Å². The van der Waals surface area contributed by atoms with E-state index >= 15 is 0 Å². The van der Waals surface area contributed by atoms with E-state index in [0.717, 1.165) is 24.3 Å². The number of nitrogens with one attached hydrogen (secondary N) is 1. The number of rotatable bonds is 10. The fourth-order valence-corrected chi connectivity index (χ4v) is 4.51. The highest BCUT2D eigenvalue weighted by Gasteiger charge is 2.38. The van der Waals surface area contributed by atoms with Gasteiger partial charge in [-0.1, -0.05) is 12.1 Å².